The second-order valence-corrected chi connectivity index (χ2v) is 10.6. The molecule has 1 heterocycles. The first kappa shape index (κ1) is 28.0. The highest BCUT2D eigenvalue weighted by atomic mass is 35.5. The maximum atomic E-state index is 12.5. The molecule has 0 saturated heterocycles. The van der Waals surface area contributed by atoms with Crippen LogP contribution in [-0.4, -0.2) is 26.4 Å². The van der Waals surface area contributed by atoms with Crippen molar-refractivity contribution >= 4 is 56.7 Å². The van der Waals surface area contributed by atoms with Crippen LogP contribution in [0.2, 0.25) is 10.0 Å². The number of rotatable bonds is 10. The van der Waals surface area contributed by atoms with Crippen LogP contribution in [0.25, 0.3) is 6.08 Å². The van der Waals surface area contributed by atoms with Gasteiger partial charge in [-0.3, -0.25) is 9.52 Å². The molecular weight excluding hydrogens is 561 g/mol. The van der Waals surface area contributed by atoms with Crippen molar-refractivity contribution in [3.63, 3.8) is 0 Å². The molecule has 200 valence electrons. The average Bonchev–Trinajstić information content (AvgIpc) is 2.92. The number of pyridine rings is 1. The van der Waals surface area contributed by atoms with E-state index in [0.29, 0.717) is 38.4 Å². The van der Waals surface area contributed by atoms with Gasteiger partial charge >= 0.3 is 0 Å². The molecule has 8 nitrogen and oxygen atoms in total. The average molecular weight is 584 g/mol. The van der Waals surface area contributed by atoms with Crippen molar-refractivity contribution < 1.29 is 22.7 Å². The fourth-order valence-electron chi connectivity index (χ4n) is 3.42. The molecule has 11 heteroatoms. The largest absolute Gasteiger partial charge is 0.493 e. The van der Waals surface area contributed by atoms with Gasteiger partial charge in [0.2, 0.25) is 5.91 Å². The van der Waals surface area contributed by atoms with Gasteiger partial charge in [-0.2, -0.15) is 0 Å². The Labute approximate surface area is 236 Å². The summed E-state index contributed by atoms with van der Waals surface area (Å²) in [5, 5.41) is 3.70. The number of anilines is 2. The maximum absolute atomic E-state index is 12.5. The molecule has 0 unspecified atom stereocenters. The number of halogens is 2. The lowest BCUT2D eigenvalue weighted by molar-refractivity contribution is -0.111. The number of hydrogen-bond acceptors (Lipinski definition) is 6. The van der Waals surface area contributed by atoms with E-state index in [2.05, 4.69) is 15.0 Å². The highest BCUT2D eigenvalue weighted by molar-refractivity contribution is 7.92. The zero-order valence-corrected chi connectivity index (χ0v) is 22.9. The maximum Gasteiger partial charge on any atom is 0.263 e. The summed E-state index contributed by atoms with van der Waals surface area (Å²) in [6.07, 6.45) is 4.45. The number of benzene rings is 3. The molecule has 1 aromatic heterocycles. The van der Waals surface area contributed by atoms with Crippen LogP contribution in [0.3, 0.4) is 0 Å². The molecule has 4 rings (SSSR count). The fourth-order valence-corrected chi connectivity index (χ4v) is 4.94. The van der Waals surface area contributed by atoms with Crippen LogP contribution in [-0.2, 0) is 21.4 Å². The second kappa shape index (κ2) is 12.7. The molecule has 0 spiro atoms. The van der Waals surface area contributed by atoms with Crippen molar-refractivity contribution in [2.24, 2.45) is 0 Å². The predicted molar refractivity (Wildman–Crippen MR) is 153 cm³/mol. The normalized spacial score (nSPS) is 11.3. The minimum Gasteiger partial charge on any atom is -0.493 e. The summed E-state index contributed by atoms with van der Waals surface area (Å²) in [6.45, 7) is 0.158. The zero-order chi connectivity index (χ0) is 27.8. The number of carbonyl (C=O) groups excluding carboxylic acids is 1. The van der Waals surface area contributed by atoms with Crippen LogP contribution < -0.4 is 19.5 Å². The van der Waals surface area contributed by atoms with Crippen molar-refractivity contribution in [1.82, 2.24) is 4.98 Å². The van der Waals surface area contributed by atoms with E-state index in [9.17, 15) is 13.2 Å². The molecule has 3 aromatic carbocycles. The van der Waals surface area contributed by atoms with Crippen molar-refractivity contribution in [2.45, 2.75) is 11.5 Å². The van der Waals surface area contributed by atoms with Gasteiger partial charge in [0, 0.05) is 33.6 Å². The van der Waals surface area contributed by atoms with E-state index in [-0.39, 0.29) is 17.3 Å². The highest BCUT2D eigenvalue weighted by Crippen LogP contribution is 2.31. The summed E-state index contributed by atoms with van der Waals surface area (Å²) in [6, 6.07) is 21.1. The van der Waals surface area contributed by atoms with Gasteiger partial charge in [0.15, 0.2) is 11.5 Å². The molecule has 0 aliphatic rings. The van der Waals surface area contributed by atoms with Crippen LogP contribution in [0, 0.1) is 0 Å². The third-order valence-corrected chi connectivity index (χ3v) is 7.46. The summed E-state index contributed by atoms with van der Waals surface area (Å²) < 4.78 is 38.7. The van der Waals surface area contributed by atoms with E-state index >= 15 is 0 Å². The van der Waals surface area contributed by atoms with Crippen LogP contribution in [0.15, 0.2) is 96.0 Å². The topological polar surface area (TPSA) is 107 Å². The number of carbonyl (C=O) groups is 1. The zero-order valence-electron chi connectivity index (χ0n) is 20.6. The smallest absolute Gasteiger partial charge is 0.263 e. The van der Waals surface area contributed by atoms with E-state index in [4.69, 9.17) is 32.7 Å². The van der Waals surface area contributed by atoms with Gasteiger partial charge in [-0.25, -0.2) is 13.4 Å². The lowest BCUT2D eigenvalue weighted by Gasteiger charge is -2.13. The predicted octanol–water partition coefficient (Wildman–Crippen LogP) is 6.43. The Morgan fingerprint density at radius 2 is 1.69 bits per heavy atom. The van der Waals surface area contributed by atoms with E-state index in [1.165, 1.54) is 43.6 Å². The lowest BCUT2D eigenvalue weighted by Crippen LogP contribution is -2.14. The standard InChI is InChI=1S/C28H23Cl2N3O5S/c1-37-26-17-19(8-14-25(26)38-18-22-23(29)5-4-6-24(22)30)9-15-28(34)32-20-10-12-21(13-11-20)39(35,36)33-27-7-2-3-16-31-27/h2-17H,18H2,1H3,(H,31,33)(H,32,34). The van der Waals surface area contributed by atoms with Crippen molar-refractivity contribution in [1.29, 1.82) is 0 Å². The molecular formula is C28H23Cl2N3O5S. The van der Waals surface area contributed by atoms with Crippen LogP contribution in [0.1, 0.15) is 11.1 Å². The third kappa shape index (κ3) is 7.51. The fraction of sp³-hybridized carbons (Fsp3) is 0.0714. The Hall–Kier alpha value is -4.05. The molecule has 1 amide bonds. The van der Waals surface area contributed by atoms with Gasteiger partial charge in [-0.1, -0.05) is 41.4 Å². The number of aromatic nitrogens is 1. The van der Waals surface area contributed by atoms with Gasteiger partial charge < -0.3 is 14.8 Å². The SMILES string of the molecule is COc1cc(C=CC(=O)Nc2ccc(S(=O)(=O)Nc3ccccn3)cc2)ccc1OCc1c(Cl)cccc1Cl. The second-order valence-electron chi connectivity index (χ2n) is 8.07. The minimum absolute atomic E-state index is 0.0351. The van der Waals surface area contributed by atoms with Gasteiger partial charge in [0.25, 0.3) is 10.0 Å². The van der Waals surface area contributed by atoms with Gasteiger partial charge in [0.05, 0.1) is 12.0 Å². The Balaban J connectivity index is 1.36. The summed E-state index contributed by atoms with van der Waals surface area (Å²) >= 11 is 12.4. The molecule has 0 radical (unpaired) electrons. The first-order chi connectivity index (χ1) is 18.7. The summed E-state index contributed by atoms with van der Waals surface area (Å²) in [5.74, 6) is 0.769. The van der Waals surface area contributed by atoms with E-state index < -0.39 is 15.9 Å². The molecule has 4 aromatic rings. The summed E-state index contributed by atoms with van der Waals surface area (Å²) in [5.41, 5.74) is 1.80. The van der Waals surface area contributed by atoms with Crippen molar-refractivity contribution in [3.05, 3.63) is 112 Å². The van der Waals surface area contributed by atoms with E-state index in [1.807, 2.05) is 0 Å². The van der Waals surface area contributed by atoms with Gasteiger partial charge in [-0.15, -0.1) is 0 Å². The number of methoxy groups -OCH3 is 1. The summed E-state index contributed by atoms with van der Waals surface area (Å²) in [4.78, 5) is 16.4. The lowest BCUT2D eigenvalue weighted by atomic mass is 10.2. The van der Waals surface area contributed by atoms with Crippen molar-refractivity contribution in [2.75, 3.05) is 17.1 Å². The molecule has 39 heavy (non-hydrogen) atoms. The molecule has 0 fully saturated rings. The van der Waals surface area contributed by atoms with E-state index in [0.717, 1.165) is 0 Å². The number of sulfonamides is 1. The van der Waals surface area contributed by atoms with Crippen LogP contribution in [0.4, 0.5) is 11.5 Å². The van der Waals surface area contributed by atoms with Crippen LogP contribution in [0.5, 0.6) is 11.5 Å². The Morgan fingerprint density at radius 1 is 0.949 bits per heavy atom. The summed E-state index contributed by atoms with van der Waals surface area (Å²) in [7, 11) is -2.30. The Kier molecular flexibility index (Phi) is 9.08. The number of nitrogens with one attached hydrogen (secondary N) is 2. The number of hydrogen-bond donors (Lipinski definition) is 2. The van der Waals surface area contributed by atoms with Gasteiger partial charge in [0.1, 0.15) is 12.4 Å². The first-order valence-corrected chi connectivity index (χ1v) is 13.8. The molecule has 2 N–H and O–H groups in total. The minimum atomic E-state index is -3.81. The quantitative estimate of drug-likeness (QED) is 0.208. The number of nitrogens with zero attached hydrogens (tertiary/aromatic N) is 1. The Morgan fingerprint density at radius 3 is 2.36 bits per heavy atom. The number of amides is 1. The molecule has 0 aliphatic heterocycles. The number of ether oxygens (including phenoxy) is 2. The molecule has 0 atom stereocenters. The van der Waals surface area contributed by atoms with Gasteiger partial charge in [-0.05, 0) is 72.3 Å². The Bertz CT molecular complexity index is 1580. The van der Waals surface area contributed by atoms with Crippen LogP contribution >= 0.6 is 23.2 Å². The van der Waals surface area contributed by atoms with E-state index in [1.54, 1.807) is 60.7 Å². The molecule has 0 saturated carbocycles. The highest BCUT2D eigenvalue weighted by Gasteiger charge is 2.15. The van der Waals surface area contributed by atoms with Crippen molar-refractivity contribution in [3.8, 4) is 11.5 Å². The molecule has 0 bridgehead atoms. The molecule has 0 aliphatic carbocycles. The first-order valence-electron chi connectivity index (χ1n) is 11.5. The monoisotopic (exact) mass is 583 g/mol. The third-order valence-electron chi connectivity index (χ3n) is 5.38.